The lowest BCUT2D eigenvalue weighted by atomic mass is 9.87. The van der Waals surface area contributed by atoms with Crippen molar-refractivity contribution in [3.05, 3.63) is 89.0 Å². The average Bonchev–Trinajstić information content (AvgIpc) is 2.99. The van der Waals surface area contributed by atoms with Gasteiger partial charge in [0, 0.05) is 11.4 Å². The molecule has 0 aliphatic heterocycles. The van der Waals surface area contributed by atoms with Gasteiger partial charge in [-0.1, -0.05) is 50.6 Å². The molecule has 0 saturated carbocycles. The highest BCUT2D eigenvalue weighted by Crippen LogP contribution is 2.40. The number of hydrogen-bond donors (Lipinski definition) is 2. The molecule has 0 bridgehead atoms. The molecule has 1 unspecified atom stereocenters. The van der Waals surface area contributed by atoms with E-state index in [-0.39, 0.29) is 6.10 Å². The summed E-state index contributed by atoms with van der Waals surface area (Å²) in [6.07, 6.45) is 6.65. The fourth-order valence-electron chi connectivity index (χ4n) is 4.67. The minimum absolute atomic E-state index is 0.275. The van der Waals surface area contributed by atoms with E-state index < -0.39 is 0 Å². The van der Waals surface area contributed by atoms with Crippen LogP contribution in [-0.2, 0) is 6.42 Å². The number of benzene rings is 3. The van der Waals surface area contributed by atoms with Crippen LogP contribution in [0.1, 0.15) is 68.2 Å². The Kier molecular flexibility index (Phi) is 6.84. The molecular formula is C29H34N2O. The number of hydrogen-bond acceptors (Lipinski definition) is 3. The SMILES string of the molecule is CCCC(CC)Oc1ccc(C2=C(c3ccc(N)cc3)CCCc3cc(N)ccc32)cc1. The Bertz CT molecular complexity index is 1080. The minimum Gasteiger partial charge on any atom is -0.490 e. The Morgan fingerprint density at radius 3 is 2.19 bits per heavy atom. The van der Waals surface area contributed by atoms with Gasteiger partial charge in [-0.25, -0.2) is 0 Å². The van der Waals surface area contributed by atoms with Gasteiger partial charge in [-0.15, -0.1) is 0 Å². The van der Waals surface area contributed by atoms with Crippen LogP contribution in [0.3, 0.4) is 0 Å². The maximum absolute atomic E-state index is 6.23. The summed E-state index contributed by atoms with van der Waals surface area (Å²) in [4.78, 5) is 0. The number of fused-ring (bicyclic) bond motifs is 1. The number of anilines is 2. The Balaban J connectivity index is 1.80. The van der Waals surface area contributed by atoms with Crippen LogP contribution in [0.4, 0.5) is 11.4 Å². The molecular weight excluding hydrogens is 392 g/mol. The first kappa shape index (κ1) is 22.0. The normalized spacial score (nSPS) is 14.6. The van der Waals surface area contributed by atoms with Gasteiger partial charge in [-0.2, -0.15) is 0 Å². The average molecular weight is 427 g/mol. The van der Waals surface area contributed by atoms with Crippen molar-refractivity contribution in [3.63, 3.8) is 0 Å². The molecule has 3 nitrogen and oxygen atoms in total. The first-order chi connectivity index (χ1) is 15.6. The fourth-order valence-corrected chi connectivity index (χ4v) is 4.67. The molecule has 3 aromatic rings. The molecule has 0 saturated heterocycles. The summed E-state index contributed by atoms with van der Waals surface area (Å²) < 4.78 is 6.23. The summed E-state index contributed by atoms with van der Waals surface area (Å²) in [5, 5.41) is 0. The van der Waals surface area contributed by atoms with Crippen LogP contribution in [-0.4, -0.2) is 6.10 Å². The van der Waals surface area contributed by atoms with Crippen LogP contribution in [0, 0.1) is 0 Å². The maximum Gasteiger partial charge on any atom is 0.119 e. The quantitative estimate of drug-likeness (QED) is 0.396. The third kappa shape index (κ3) is 4.83. The van der Waals surface area contributed by atoms with Crippen molar-refractivity contribution >= 4 is 22.5 Å². The molecule has 0 amide bonds. The number of rotatable bonds is 7. The Morgan fingerprint density at radius 2 is 1.50 bits per heavy atom. The molecule has 4 N–H and O–H groups in total. The monoisotopic (exact) mass is 426 g/mol. The van der Waals surface area contributed by atoms with Crippen molar-refractivity contribution in [1.82, 2.24) is 0 Å². The second-order valence-corrected chi connectivity index (χ2v) is 8.71. The predicted octanol–water partition coefficient (Wildman–Crippen LogP) is 7.10. The zero-order valence-electron chi connectivity index (χ0n) is 19.2. The number of aryl methyl sites for hydroxylation is 1. The molecule has 1 aliphatic carbocycles. The largest absolute Gasteiger partial charge is 0.490 e. The van der Waals surface area contributed by atoms with Crippen LogP contribution < -0.4 is 16.2 Å². The molecule has 3 aromatic carbocycles. The van der Waals surface area contributed by atoms with Crippen molar-refractivity contribution in [1.29, 1.82) is 0 Å². The Hall–Kier alpha value is -3.20. The lowest BCUT2D eigenvalue weighted by Crippen LogP contribution is -2.14. The molecule has 0 radical (unpaired) electrons. The highest BCUT2D eigenvalue weighted by Gasteiger charge is 2.20. The Morgan fingerprint density at radius 1 is 0.812 bits per heavy atom. The van der Waals surface area contributed by atoms with E-state index in [1.54, 1.807) is 0 Å². The third-order valence-electron chi connectivity index (χ3n) is 6.34. The van der Waals surface area contributed by atoms with Crippen LogP contribution >= 0.6 is 0 Å². The molecule has 0 aromatic heterocycles. The van der Waals surface area contributed by atoms with Gasteiger partial charge in [0.2, 0.25) is 0 Å². The highest BCUT2D eigenvalue weighted by atomic mass is 16.5. The van der Waals surface area contributed by atoms with Gasteiger partial charge < -0.3 is 16.2 Å². The molecule has 3 heteroatoms. The molecule has 32 heavy (non-hydrogen) atoms. The minimum atomic E-state index is 0.275. The van der Waals surface area contributed by atoms with Gasteiger partial charge >= 0.3 is 0 Å². The van der Waals surface area contributed by atoms with Gasteiger partial charge in [0.1, 0.15) is 5.75 Å². The number of nitrogens with two attached hydrogens (primary N) is 2. The topological polar surface area (TPSA) is 61.3 Å². The van der Waals surface area contributed by atoms with Crippen LogP contribution in [0.2, 0.25) is 0 Å². The van der Waals surface area contributed by atoms with E-state index in [1.807, 2.05) is 18.2 Å². The summed E-state index contributed by atoms with van der Waals surface area (Å²) in [7, 11) is 0. The van der Waals surface area contributed by atoms with E-state index >= 15 is 0 Å². The van der Waals surface area contributed by atoms with E-state index in [1.165, 1.54) is 33.4 Å². The molecule has 0 heterocycles. The van der Waals surface area contributed by atoms with Crippen molar-refractivity contribution in [2.24, 2.45) is 0 Å². The zero-order valence-corrected chi connectivity index (χ0v) is 19.2. The summed E-state index contributed by atoms with van der Waals surface area (Å²) >= 11 is 0. The van der Waals surface area contributed by atoms with Crippen molar-refractivity contribution in [2.45, 2.75) is 58.5 Å². The number of nitrogen functional groups attached to an aromatic ring is 2. The Labute approximate surface area is 192 Å². The van der Waals surface area contributed by atoms with Gasteiger partial charge in [-0.3, -0.25) is 0 Å². The second-order valence-electron chi connectivity index (χ2n) is 8.71. The molecule has 0 spiro atoms. The van der Waals surface area contributed by atoms with Crippen LogP contribution in [0.15, 0.2) is 66.7 Å². The summed E-state index contributed by atoms with van der Waals surface area (Å²) in [5.41, 5.74) is 21.4. The summed E-state index contributed by atoms with van der Waals surface area (Å²) in [5.74, 6) is 0.940. The fraction of sp³-hybridized carbons (Fsp3) is 0.310. The zero-order chi connectivity index (χ0) is 22.5. The third-order valence-corrected chi connectivity index (χ3v) is 6.34. The van der Waals surface area contributed by atoms with Crippen molar-refractivity contribution in [2.75, 3.05) is 11.5 Å². The van der Waals surface area contributed by atoms with Crippen LogP contribution in [0.25, 0.3) is 11.1 Å². The number of ether oxygens (including phenoxy) is 1. The van der Waals surface area contributed by atoms with E-state index in [4.69, 9.17) is 16.2 Å². The maximum atomic E-state index is 6.23. The van der Waals surface area contributed by atoms with Crippen LogP contribution in [0.5, 0.6) is 5.75 Å². The molecule has 166 valence electrons. The lowest BCUT2D eigenvalue weighted by Gasteiger charge is -2.19. The second kappa shape index (κ2) is 9.95. The number of allylic oxidation sites excluding steroid dienone is 1. The smallest absolute Gasteiger partial charge is 0.119 e. The van der Waals surface area contributed by atoms with E-state index in [2.05, 4.69) is 62.4 Å². The lowest BCUT2D eigenvalue weighted by molar-refractivity contribution is 0.186. The van der Waals surface area contributed by atoms with Gasteiger partial charge in [0.15, 0.2) is 0 Å². The van der Waals surface area contributed by atoms with Crippen molar-refractivity contribution < 1.29 is 4.74 Å². The first-order valence-corrected chi connectivity index (χ1v) is 11.8. The molecule has 0 fully saturated rings. The highest BCUT2D eigenvalue weighted by molar-refractivity contribution is 6.00. The first-order valence-electron chi connectivity index (χ1n) is 11.8. The van der Waals surface area contributed by atoms with E-state index in [0.29, 0.717) is 0 Å². The van der Waals surface area contributed by atoms with Gasteiger partial charge in [0.05, 0.1) is 6.10 Å². The standard InChI is InChI=1S/C29H34N2O/c1-3-6-25(4-2)32-26-16-11-21(12-17-26)29-27(20-9-13-23(30)14-10-20)8-5-7-22-19-24(31)15-18-28(22)29/h9-19,25H,3-8,30-31H2,1-2H3. The van der Waals surface area contributed by atoms with Gasteiger partial charge in [-0.05, 0) is 102 Å². The predicted molar refractivity (Wildman–Crippen MR) is 137 cm³/mol. The molecule has 1 aliphatic rings. The van der Waals surface area contributed by atoms with Gasteiger partial charge in [0.25, 0.3) is 0 Å². The molecule has 4 rings (SSSR count). The van der Waals surface area contributed by atoms with Crippen molar-refractivity contribution in [3.8, 4) is 5.75 Å². The molecule has 1 atom stereocenters. The summed E-state index contributed by atoms with van der Waals surface area (Å²) in [6, 6.07) is 23.2. The van der Waals surface area contributed by atoms with E-state index in [0.717, 1.165) is 55.6 Å². The summed E-state index contributed by atoms with van der Waals surface area (Å²) in [6.45, 7) is 4.39. The van der Waals surface area contributed by atoms with E-state index in [9.17, 15) is 0 Å².